The molecule has 5 rings (SSSR count). The average Bonchev–Trinajstić information content (AvgIpc) is 3.32. The lowest BCUT2D eigenvalue weighted by molar-refractivity contribution is 0.227. The molecule has 1 aliphatic carbocycles. The van der Waals surface area contributed by atoms with E-state index >= 15 is 0 Å². The molecule has 1 N–H and O–H groups in total. The normalized spacial score (nSPS) is 22.5. The lowest BCUT2D eigenvalue weighted by Crippen LogP contribution is -2.18. The molecular formula is C24H25BClFN4O2. The highest BCUT2D eigenvalue weighted by molar-refractivity contribution is 6.45. The molecule has 1 aliphatic heterocycles. The van der Waals surface area contributed by atoms with Crippen molar-refractivity contribution in [2.24, 2.45) is 17.8 Å². The average molecular weight is 467 g/mol. The first-order chi connectivity index (χ1) is 15.9. The van der Waals surface area contributed by atoms with Gasteiger partial charge in [0.25, 0.3) is 0 Å². The van der Waals surface area contributed by atoms with Gasteiger partial charge < -0.3 is 19.7 Å². The third-order valence-corrected chi connectivity index (χ3v) is 7.09. The molecule has 0 spiro atoms. The number of likely N-dealkylation sites (tertiary alicyclic amines) is 1. The van der Waals surface area contributed by atoms with Crippen LogP contribution in [0.2, 0.25) is 5.02 Å². The first kappa shape index (κ1) is 22.2. The van der Waals surface area contributed by atoms with Gasteiger partial charge in [0.2, 0.25) is 0 Å². The van der Waals surface area contributed by atoms with Crippen molar-refractivity contribution in [2.45, 2.75) is 12.8 Å². The van der Waals surface area contributed by atoms with Crippen molar-refractivity contribution in [3.8, 4) is 11.5 Å². The number of fused-ring (bicyclic) bond motifs is 2. The van der Waals surface area contributed by atoms with Crippen molar-refractivity contribution in [1.29, 1.82) is 0 Å². The van der Waals surface area contributed by atoms with E-state index in [0.29, 0.717) is 40.7 Å². The number of rotatable bonds is 6. The minimum atomic E-state index is -0.525. The Balaban J connectivity index is 1.37. The summed E-state index contributed by atoms with van der Waals surface area (Å²) in [6, 6.07) is 6.26. The van der Waals surface area contributed by atoms with Crippen molar-refractivity contribution in [3.63, 3.8) is 0 Å². The van der Waals surface area contributed by atoms with E-state index in [4.69, 9.17) is 28.9 Å². The van der Waals surface area contributed by atoms with Gasteiger partial charge in [0.05, 0.1) is 24.9 Å². The Bertz CT molecular complexity index is 1180. The van der Waals surface area contributed by atoms with E-state index in [1.165, 1.54) is 44.4 Å². The monoisotopic (exact) mass is 466 g/mol. The third kappa shape index (κ3) is 4.46. The zero-order chi connectivity index (χ0) is 23.1. The van der Waals surface area contributed by atoms with Crippen LogP contribution in [0.15, 0.2) is 30.6 Å². The Kier molecular flexibility index (Phi) is 6.06. The van der Waals surface area contributed by atoms with E-state index in [0.717, 1.165) is 11.8 Å². The Labute approximate surface area is 198 Å². The first-order valence-electron chi connectivity index (χ1n) is 11.1. The van der Waals surface area contributed by atoms with Gasteiger partial charge in [-0.25, -0.2) is 14.4 Å². The van der Waals surface area contributed by atoms with Crippen molar-refractivity contribution >= 4 is 47.3 Å². The Hall–Kier alpha value is -2.58. The van der Waals surface area contributed by atoms with E-state index in [2.05, 4.69) is 27.2 Å². The maximum Gasteiger partial charge on any atom is 0.163 e. The highest BCUT2D eigenvalue weighted by Crippen LogP contribution is 2.42. The standard InChI is InChI=1S/C24H25BClFN4O2/c1-31-9-14-3-13(4-15(14)10-31)11-33-23-8-20-16(5-22(23)32-2)24(29-12-28-20)30-21-7-18(26)17(25)6-19(21)27/h5-8,12-15H,3-4,9-11H2,1-2H3,(H,28,29,30)/t13?,14-,15+. The molecule has 2 fully saturated rings. The number of nitrogens with one attached hydrogen (secondary N) is 1. The van der Waals surface area contributed by atoms with E-state index in [1.54, 1.807) is 7.11 Å². The van der Waals surface area contributed by atoms with Gasteiger partial charge in [-0.1, -0.05) is 17.1 Å². The van der Waals surface area contributed by atoms with E-state index < -0.39 is 5.82 Å². The summed E-state index contributed by atoms with van der Waals surface area (Å²) in [6.45, 7) is 3.03. The van der Waals surface area contributed by atoms with Gasteiger partial charge in [-0.15, -0.1) is 0 Å². The quantitative estimate of drug-likeness (QED) is 0.556. The minimum absolute atomic E-state index is 0.172. The van der Waals surface area contributed by atoms with Crippen LogP contribution in [0, 0.1) is 23.6 Å². The number of anilines is 2. The maximum absolute atomic E-state index is 14.4. The fraction of sp³-hybridized carbons (Fsp3) is 0.417. The molecule has 6 nitrogen and oxygen atoms in total. The molecule has 1 saturated heterocycles. The fourth-order valence-corrected chi connectivity index (χ4v) is 5.39. The lowest BCUT2D eigenvalue weighted by Gasteiger charge is -2.17. The molecular weight excluding hydrogens is 442 g/mol. The highest BCUT2D eigenvalue weighted by atomic mass is 35.5. The number of methoxy groups -OCH3 is 1. The summed E-state index contributed by atoms with van der Waals surface area (Å²) in [6.07, 6.45) is 3.83. The van der Waals surface area contributed by atoms with Gasteiger partial charge in [-0.2, -0.15) is 0 Å². The zero-order valence-corrected chi connectivity index (χ0v) is 19.4. The van der Waals surface area contributed by atoms with Crippen LogP contribution < -0.4 is 20.3 Å². The summed E-state index contributed by atoms with van der Waals surface area (Å²) in [4.78, 5) is 11.1. The molecule has 170 valence electrons. The SMILES string of the molecule is [B]c1cc(F)c(Nc2ncnc3cc(OCC4C[C@@H]5CN(C)C[C@@H]5C4)c(OC)cc23)cc1Cl. The summed E-state index contributed by atoms with van der Waals surface area (Å²) in [5.74, 6) is 3.24. The molecule has 2 radical (unpaired) electrons. The molecule has 9 heteroatoms. The topological polar surface area (TPSA) is 59.5 Å². The summed E-state index contributed by atoms with van der Waals surface area (Å²) in [7, 11) is 9.47. The third-order valence-electron chi connectivity index (χ3n) is 6.77. The second-order valence-electron chi connectivity index (χ2n) is 9.11. The molecule has 2 heterocycles. The predicted molar refractivity (Wildman–Crippen MR) is 129 cm³/mol. The van der Waals surface area contributed by atoms with Gasteiger partial charge in [0.15, 0.2) is 11.5 Å². The summed E-state index contributed by atoms with van der Waals surface area (Å²) in [5, 5.41) is 3.92. The zero-order valence-electron chi connectivity index (χ0n) is 18.6. The minimum Gasteiger partial charge on any atom is -0.493 e. The van der Waals surface area contributed by atoms with Gasteiger partial charge >= 0.3 is 0 Å². The second-order valence-corrected chi connectivity index (χ2v) is 9.52. The van der Waals surface area contributed by atoms with Crippen LogP contribution >= 0.6 is 11.6 Å². The van der Waals surface area contributed by atoms with E-state index in [-0.39, 0.29) is 16.2 Å². The molecule has 2 aliphatic rings. The highest BCUT2D eigenvalue weighted by Gasteiger charge is 2.39. The Morgan fingerprint density at radius 1 is 1.15 bits per heavy atom. The van der Waals surface area contributed by atoms with Crippen LogP contribution in [0.1, 0.15) is 12.8 Å². The van der Waals surface area contributed by atoms with Gasteiger partial charge in [0, 0.05) is 29.6 Å². The van der Waals surface area contributed by atoms with Gasteiger partial charge in [-0.05, 0) is 55.8 Å². The van der Waals surface area contributed by atoms with E-state index in [9.17, 15) is 4.39 Å². The van der Waals surface area contributed by atoms with Crippen molar-refractivity contribution in [2.75, 3.05) is 39.2 Å². The van der Waals surface area contributed by atoms with Crippen molar-refractivity contribution in [1.82, 2.24) is 14.9 Å². The molecule has 1 aromatic heterocycles. The number of aromatic nitrogens is 2. The number of hydrogen-bond donors (Lipinski definition) is 1. The largest absolute Gasteiger partial charge is 0.493 e. The molecule has 3 aromatic rings. The van der Waals surface area contributed by atoms with Crippen LogP contribution in [-0.4, -0.2) is 56.6 Å². The lowest BCUT2D eigenvalue weighted by atomic mass is 9.96. The first-order valence-corrected chi connectivity index (χ1v) is 11.4. The van der Waals surface area contributed by atoms with Gasteiger partial charge in [0.1, 0.15) is 25.8 Å². The molecule has 33 heavy (non-hydrogen) atoms. The number of halogens is 2. The van der Waals surface area contributed by atoms with Crippen LogP contribution in [0.4, 0.5) is 15.9 Å². The van der Waals surface area contributed by atoms with E-state index in [1.807, 2.05) is 12.1 Å². The predicted octanol–water partition coefficient (Wildman–Crippen LogP) is 3.93. The maximum atomic E-state index is 14.4. The van der Waals surface area contributed by atoms with Crippen LogP contribution in [0.3, 0.4) is 0 Å². The van der Waals surface area contributed by atoms with Crippen LogP contribution in [0.5, 0.6) is 11.5 Å². The van der Waals surface area contributed by atoms with Gasteiger partial charge in [-0.3, -0.25) is 0 Å². The summed E-state index contributed by atoms with van der Waals surface area (Å²) < 4.78 is 26.2. The number of nitrogens with zero attached hydrogens (tertiary/aromatic N) is 3. The number of hydrogen-bond acceptors (Lipinski definition) is 6. The number of ether oxygens (including phenoxy) is 2. The van der Waals surface area contributed by atoms with Crippen molar-refractivity contribution < 1.29 is 13.9 Å². The molecule has 3 atom stereocenters. The Morgan fingerprint density at radius 2 is 1.91 bits per heavy atom. The molecule has 2 aromatic carbocycles. The Morgan fingerprint density at radius 3 is 2.64 bits per heavy atom. The van der Waals surface area contributed by atoms with Crippen LogP contribution in [-0.2, 0) is 0 Å². The van der Waals surface area contributed by atoms with Crippen LogP contribution in [0.25, 0.3) is 10.9 Å². The fourth-order valence-electron chi connectivity index (χ4n) is 5.23. The smallest absolute Gasteiger partial charge is 0.163 e. The second kappa shape index (κ2) is 8.99. The molecule has 0 amide bonds. The van der Waals surface area contributed by atoms with Crippen molar-refractivity contribution in [3.05, 3.63) is 41.4 Å². The molecule has 1 unspecified atom stereocenters. The number of benzene rings is 2. The molecule has 1 saturated carbocycles. The summed E-state index contributed by atoms with van der Waals surface area (Å²) in [5.41, 5.74) is 1.01. The summed E-state index contributed by atoms with van der Waals surface area (Å²) >= 11 is 6.06. The molecule has 0 bridgehead atoms.